The highest BCUT2D eigenvalue weighted by atomic mass is 32.2. The van der Waals surface area contributed by atoms with Crippen LogP contribution in [0.2, 0.25) is 0 Å². The summed E-state index contributed by atoms with van der Waals surface area (Å²) in [6, 6.07) is 4.79. The van der Waals surface area contributed by atoms with Gasteiger partial charge in [0.25, 0.3) is 0 Å². The van der Waals surface area contributed by atoms with Gasteiger partial charge in [0, 0.05) is 22.1 Å². The standard InChI is InChI=1S/C14H17FO2S/c1-14(2,3)18-9-10-4-6-12(15)11(8-10)5-7-13(16)17/h4-8H,9H2,1-3H3,(H,16,17)/b7-5+. The van der Waals surface area contributed by atoms with Gasteiger partial charge in [-0.05, 0) is 23.8 Å². The van der Waals surface area contributed by atoms with Gasteiger partial charge in [0.2, 0.25) is 0 Å². The lowest BCUT2D eigenvalue weighted by atomic mass is 10.1. The monoisotopic (exact) mass is 268 g/mol. The zero-order valence-corrected chi connectivity index (χ0v) is 11.6. The number of carbonyl (C=O) groups is 1. The van der Waals surface area contributed by atoms with E-state index in [1.54, 1.807) is 23.9 Å². The lowest BCUT2D eigenvalue weighted by Gasteiger charge is -2.17. The van der Waals surface area contributed by atoms with Crippen LogP contribution in [0.4, 0.5) is 4.39 Å². The number of halogens is 1. The number of carboxylic acids is 1. The predicted molar refractivity (Wildman–Crippen MR) is 74.1 cm³/mol. The van der Waals surface area contributed by atoms with E-state index in [4.69, 9.17) is 5.11 Å². The number of hydrogen-bond donors (Lipinski definition) is 1. The Hall–Kier alpha value is -1.29. The Morgan fingerprint density at radius 2 is 2.11 bits per heavy atom. The highest BCUT2D eigenvalue weighted by molar-refractivity contribution is 7.99. The molecule has 0 saturated carbocycles. The second-order valence-corrected chi connectivity index (χ2v) is 6.73. The van der Waals surface area contributed by atoms with Crippen LogP contribution in [-0.4, -0.2) is 15.8 Å². The van der Waals surface area contributed by atoms with Gasteiger partial charge in [0.1, 0.15) is 5.82 Å². The first-order valence-corrected chi connectivity index (χ1v) is 6.60. The molecule has 0 atom stereocenters. The smallest absolute Gasteiger partial charge is 0.328 e. The van der Waals surface area contributed by atoms with Gasteiger partial charge >= 0.3 is 5.97 Å². The summed E-state index contributed by atoms with van der Waals surface area (Å²) in [5.74, 6) is -0.710. The van der Waals surface area contributed by atoms with Crippen molar-refractivity contribution in [3.8, 4) is 0 Å². The van der Waals surface area contributed by atoms with Gasteiger partial charge in [-0.25, -0.2) is 9.18 Å². The molecule has 18 heavy (non-hydrogen) atoms. The van der Waals surface area contributed by atoms with Gasteiger partial charge in [-0.15, -0.1) is 0 Å². The summed E-state index contributed by atoms with van der Waals surface area (Å²) in [6.45, 7) is 6.35. The minimum Gasteiger partial charge on any atom is -0.478 e. The highest BCUT2D eigenvalue weighted by Crippen LogP contribution is 2.27. The van der Waals surface area contributed by atoms with Crippen LogP contribution in [0, 0.1) is 5.82 Å². The third-order valence-corrected chi connectivity index (χ3v) is 3.48. The summed E-state index contributed by atoms with van der Waals surface area (Å²) >= 11 is 1.76. The molecule has 4 heteroatoms. The Morgan fingerprint density at radius 1 is 1.44 bits per heavy atom. The lowest BCUT2D eigenvalue weighted by molar-refractivity contribution is -0.131. The molecule has 1 rings (SSSR count). The van der Waals surface area contributed by atoms with Crippen molar-refractivity contribution in [2.24, 2.45) is 0 Å². The van der Waals surface area contributed by atoms with E-state index in [1.807, 2.05) is 0 Å². The minimum absolute atomic E-state index is 0.144. The Balaban J connectivity index is 2.84. The average Bonchev–Trinajstić information content (AvgIpc) is 2.25. The molecule has 0 unspecified atom stereocenters. The Kier molecular flexibility index (Phi) is 4.96. The molecule has 0 heterocycles. The molecule has 98 valence electrons. The molecular weight excluding hydrogens is 251 g/mol. The zero-order chi connectivity index (χ0) is 13.8. The van der Waals surface area contributed by atoms with Crippen LogP contribution >= 0.6 is 11.8 Å². The number of thioether (sulfide) groups is 1. The Bertz CT molecular complexity index is 461. The van der Waals surface area contributed by atoms with E-state index in [1.165, 1.54) is 12.1 Å². The molecular formula is C14H17FO2S. The second-order valence-electron chi connectivity index (χ2n) is 4.93. The molecule has 1 aromatic rings. The van der Waals surface area contributed by atoms with Crippen LogP contribution in [-0.2, 0) is 10.5 Å². The van der Waals surface area contributed by atoms with E-state index in [-0.39, 0.29) is 4.75 Å². The molecule has 0 radical (unpaired) electrons. The topological polar surface area (TPSA) is 37.3 Å². The molecule has 0 amide bonds. The van der Waals surface area contributed by atoms with E-state index in [9.17, 15) is 9.18 Å². The third kappa shape index (κ3) is 5.36. The molecule has 0 saturated heterocycles. The van der Waals surface area contributed by atoms with Crippen LogP contribution in [0.3, 0.4) is 0 Å². The number of aliphatic carboxylic acids is 1. The van der Waals surface area contributed by atoms with Crippen molar-refractivity contribution in [2.45, 2.75) is 31.3 Å². The molecule has 1 N–H and O–H groups in total. The first kappa shape index (κ1) is 14.8. The maximum absolute atomic E-state index is 13.4. The average molecular weight is 268 g/mol. The van der Waals surface area contributed by atoms with Gasteiger partial charge in [0.05, 0.1) is 0 Å². The summed E-state index contributed by atoms with van der Waals surface area (Å²) in [6.07, 6.45) is 2.22. The molecule has 0 bridgehead atoms. The van der Waals surface area contributed by atoms with E-state index in [2.05, 4.69) is 20.8 Å². The van der Waals surface area contributed by atoms with Crippen LogP contribution in [0.1, 0.15) is 31.9 Å². The molecule has 0 fully saturated rings. The second kappa shape index (κ2) is 6.05. The lowest BCUT2D eigenvalue weighted by Crippen LogP contribution is -2.07. The summed E-state index contributed by atoms with van der Waals surface area (Å²) in [5, 5.41) is 8.53. The van der Waals surface area contributed by atoms with Gasteiger partial charge in [-0.2, -0.15) is 11.8 Å². The number of hydrogen-bond acceptors (Lipinski definition) is 2. The normalized spacial score (nSPS) is 12.0. The zero-order valence-electron chi connectivity index (χ0n) is 10.7. The van der Waals surface area contributed by atoms with Gasteiger partial charge in [-0.1, -0.05) is 26.8 Å². The highest BCUT2D eigenvalue weighted by Gasteiger charge is 2.11. The van der Waals surface area contributed by atoms with E-state index in [0.717, 1.165) is 17.4 Å². The summed E-state index contributed by atoms with van der Waals surface area (Å²) in [7, 11) is 0. The fourth-order valence-electron chi connectivity index (χ4n) is 1.27. The van der Waals surface area contributed by atoms with Crippen molar-refractivity contribution in [3.05, 3.63) is 41.2 Å². The Labute approximate surface area is 111 Å². The van der Waals surface area contributed by atoms with Crippen molar-refractivity contribution in [1.29, 1.82) is 0 Å². The largest absolute Gasteiger partial charge is 0.478 e. The van der Waals surface area contributed by atoms with E-state index >= 15 is 0 Å². The van der Waals surface area contributed by atoms with Gasteiger partial charge in [-0.3, -0.25) is 0 Å². The van der Waals surface area contributed by atoms with Crippen molar-refractivity contribution in [3.63, 3.8) is 0 Å². The van der Waals surface area contributed by atoms with Crippen molar-refractivity contribution >= 4 is 23.8 Å². The molecule has 0 aliphatic carbocycles. The number of carboxylic acid groups (broad SMARTS) is 1. The van der Waals surface area contributed by atoms with Crippen molar-refractivity contribution in [2.75, 3.05) is 0 Å². The fraction of sp³-hybridized carbons (Fsp3) is 0.357. The first-order chi connectivity index (χ1) is 8.28. The van der Waals surface area contributed by atoms with Crippen molar-refractivity contribution in [1.82, 2.24) is 0 Å². The first-order valence-electron chi connectivity index (χ1n) is 5.61. The number of benzene rings is 1. The Morgan fingerprint density at radius 3 is 2.67 bits per heavy atom. The van der Waals surface area contributed by atoms with Crippen molar-refractivity contribution < 1.29 is 14.3 Å². The third-order valence-electron chi connectivity index (χ3n) is 2.14. The van der Waals surface area contributed by atoms with Gasteiger partial charge < -0.3 is 5.11 Å². The molecule has 0 aliphatic heterocycles. The fourth-order valence-corrected chi connectivity index (χ4v) is 2.05. The maximum Gasteiger partial charge on any atom is 0.328 e. The quantitative estimate of drug-likeness (QED) is 0.840. The van der Waals surface area contributed by atoms with Crippen LogP contribution in [0.5, 0.6) is 0 Å². The molecule has 1 aromatic carbocycles. The summed E-state index contributed by atoms with van der Waals surface area (Å²) in [5.41, 5.74) is 1.30. The van der Waals surface area contributed by atoms with E-state index < -0.39 is 11.8 Å². The van der Waals surface area contributed by atoms with Gasteiger partial charge in [0.15, 0.2) is 0 Å². The molecule has 0 aromatic heterocycles. The molecule has 0 aliphatic rings. The number of rotatable bonds is 4. The van der Waals surface area contributed by atoms with Crippen LogP contribution in [0.25, 0.3) is 6.08 Å². The summed E-state index contributed by atoms with van der Waals surface area (Å²) < 4.78 is 13.6. The minimum atomic E-state index is -1.08. The maximum atomic E-state index is 13.4. The molecule has 0 spiro atoms. The molecule has 2 nitrogen and oxygen atoms in total. The SMILES string of the molecule is CC(C)(C)SCc1ccc(F)c(/C=C/C(=O)O)c1. The predicted octanol–water partition coefficient (Wildman–Crippen LogP) is 3.96. The summed E-state index contributed by atoms with van der Waals surface area (Å²) in [4.78, 5) is 10.4. The van der Waals surface area contributed by atoms with Crippen LogP contribution in [0.15, 0.2) is 24.3 Å². The van der Waals surface area contributed by atoms with E-state index in [0.29, 0.717) is 5.56 Å². The van der Waals surface area contributed by atoms with Crippen LogP contribution < -0.4 is 0 Å².